The van der Waals surface area contributed by atoms with Gasteiger partial charge in [0.1, 0.15) is 5.75 Å². The van der Waals surface area contributed by atoms with Crippen LogP contribution in [-0.2, 0) is 17.3 Å². The predicted octanol–water partition coefficient (Wildman–Crippen LogP) is 13.6. The number of fused-ring (bicyclic) bond motifs is 4. The Morgan fingerprint density at radius 1 is 0.868 bits per heavy atom. The van der Waals surface area contributed by atoms with Crippen molar-refractivity contribution in [2.45, 2.75) is 84.7 Å². The van der Waals surface area contributed by atoms with E-state index < -0.39 is 0 Å². The normalized spacial score (nSPS) is 17.3. The number of ether oxygens (including phenoxy) is 1. The summed E-state index contributed by atoms with van der Waals surface area (Å²) < 4.78 is 5.90. The molecule has 0 N–H and O–H groups in total. The van der Waals surface area contributed by atoms with Gasteiger partial charge in [-0.15, -0.1) is 0 Å². The van der Waals surface area contributed by atoms with Gasteiger partial charge in [0.2, 0.25) is 0 Å². The zero-order valence-electron chi connectivity index (χ0n) is 32.4. The van der Waals surface area contributed by atoms with Crippen LogP contribution < -0.4 is 9.64 Å². The Kier molecular flexibility index (Phi) is 10.0. The molecule has 0 fully saturated rings. The van der Waals surface area contributed by atoms with E-state index in [1.165, 1.54) is 66.3 Å². The fraction of sp³-hybridized carbons (Fsp3) is 0.280. The van der Waals surface area contributed by atoms with E-state index in [1.54, 1.807) is 0 Å². The lowest BCUT2D eigenvalue weighted by atomic mass is 9.74. The highest BCUT2D eigenvalue weighted by atomic mass is 35.5. The van der Waals surface area contributed by atoms with Gasteiger partial charge in [-0.2, -0.15) is 0 Å². The number of hydrogen-bond acceptors (Lipinski definition) is 2. The highest BCUT2D eigenvalue weighted by Gasteiger charge is 2.41. The summed E-state index contributed by atoms with van der Waals surface area (Å²) in [4.78, 5) is 2.53. The number of aryl methyl sites for hydroxylation is 1. The highest BCUT2D eigenvalue weighted by Crippen LogP contribution is 2.51. The molecule has 1 aliphatic carbocycles. The van der Waals surface area contributed by atoms with Crippen LogP contribution in [0.15, 0.2) is 155 Å². The summed E-state index contributed by atoms with van der Waals surface area (Å²) in [6.45, 7) is 21.1. The Morgan fingerprint density at radius 3 is 2.25 bits per heavy atom. The molecular formula is C50H52ClNO. The van der Waals surface area contributed by atoms with Crippen LogP contribution in [-0.4, -0.2) is 12.6 Å². The van der Waals surface area contributed by atoms with Crippen LogP contribution in [0.3, 0.4) is 0 Å². The number of hydrogen-bond donors (Lipinski definition) is 0. The second-order valence-corrected chi connectivity index (χ2v) is 16.4. The molecule has 0 radical (unpaired) electrons. The van der Waals surface area contributed by atoms with E-state index in [4.69, 9.17) is 16.3 Å². The van der Waals surface area contributed by atoms with Gasteiger partial charge in [-0.1, -0.05) is 143 Å². The summed E-state index contributed by atoms with van der Waals surface area (Å²) in [5.74, 6) is 0.915. The van der Waals surface area contributed by atoms with Crippen molar-refractivity contribution in [3.63, 3.8) is 0 Å². The SMILES string of the molecule is C=C(/C=C/C1=C(Cl)C(=C/C=C2/N(CCc3ccc(OC(C)C)cc3)c3ccc4ccccc4c3C2(C)C)/CC1)C(C)(C)c1c(C)ccc2ccccc12. The average molecular weight is 718 g/mol. The molecule has 0 bridgehead atoms. The molecule has 5 aromatic carbocycles. The zero-order chi connectivity index (χ0) is 37.5. The Hall–Kier alpha value is -4.79. The number of benzene rings is 5. The smallest absolute Gasteiger partial charge is 0.119 e. The highest BCUT2D eigenvalue weighted by molar-refractivity contribution is 6.33. The molecule has 5 aromatic rings. The molecule has 0 amide bonds. The van der Waals surface area contributed by atoms with Crippen molar-refractivity contribution in [2.24, 2.45) is 0 Å². The van der Waals surface area contributed by atoms with E-state index in [2.05, 4.69) is 181 Å². The van der Waals surface area contributed by atoms with Gasteiger partial charge in [-0.25, -0.2) is 0 Å². The van der Waals surface area contributed by atoms with Gasteiger partial charge in [-0.3, -0.25) is 0 Å². The van der Waals surface area contributed by atoms with E-state index in [0.29, 0.717) is 0 Å². The molecule has 7 rings (SSSR count). The summed E-state index contributed by atoms with van der Waals surface area (Å²) in [7, 11) is 0. The predicted molar refractivity (Wildman–Crippen MR) is 228 cm³/mol. The largest absolute Gasteiger partial charge is 0.491 e. The molecule has 0 aromatic heterocycles. The molecule has 53 heavy (non-hydrogen) atoms. The maximum absolute atomic E-state index is 7.19. The zero-order valence-corrected chi connectivity index (χ0v) is 33.1. The molecule has 0 unspecified atom stereocenters. The van der Waals surface area contributed by atoms with Gasteiger partial charge in [-0.05, 0) is 125 Å². The minimum absolute atomic E-state index is 0.160. The number of anilines is 1. The molecule has 0 atom stereocenters. The Balaban J connectivity index is 1.18. The van der Waals surface area contributed by atoms with E-state index in [0.717, 1.165) is 42.2 Å². The standard InChI is InChI=1S/C50H52ClNO/c1-33(2)53-41-27-19-36(20-28-41)31-32-52-44-29-25-38-14-10-12-16-43(38)47(44)50(7,8)45(52)30-26-40-24-23-39(48(40)51)22-18-35(4)49(5,6)46-34(3)17-21-37-13-9-11-15-42(37)46/h9-22,25-30,33H,4,23-24,31-32H2,1-3,5-8H3/b22-18+,40-26+,45-30+. The summed E-state index contributed by atoms with van der Waals surface area (Å²) in [6.07, 6.45) is 11.9. The van der Waals surface area contributed by atoms with Crippen LogP contribution in [0.4, 0.5) is 5.69 Å². The maximum Gasteiger partial charge on any atom is 0.119 e. The Bertz CT molecular complexity index is 2330. The molecule has 2 aliphatic rings. The molecule has 1 heterocycles. The molecule has 270 valence electrons. The second kappa shape index (κ2) is 14.6. The molecule has 0 saturated heterocycles. The fourth-order valence-electron chi connectivity index (χ4n) is 8.49. The van der Waals surface area contributed by atoms with Crippen molar-refractivity contribution in [3.05, 3.63) is 178 Å². The minimum Gasteiger partial charge on any atom is -0.491 e. The van der Waals surface area contributed by atoms with Crippen LogP contribution >= 0.6 is 11.6 Å². The first-order valence-corrected chi connectivity index (χ1v) is 19.5. The lowest BCUT2D eigenvalue weighted by Crippen LogP contribution is -2.28. The van der Waals surface area contributed by atoms with Crippen molar-refractivity contribution in [1.82, 2.24) is 0 Å². The van der Waals surface area contributed by atoms with Gasteiger partial charge in [0.25, 0.3) is 0 Å². The van der Waals surface area contributed by atoms with Gasteiger partial charge in [0, 0.05) is 33.8 Å². The second-order valence-electron chi connectivity index (χ2n) is 16.1. The minimum atomic E-state index is -0.239. The quantitative estimate of drug-likeness (QED) is 0.133. The van der Waals surface area contributed by atoms with Crippen molar-refractivity contribution in [2.75, 3.05) is 11.4 Å². The fourth-order valence-corrected chi connectivity index (χ4v) is 8.81. The summed E-state index contributed by atoms with van der Waals surface area (Å²) in [5, 5.41) is 6.00. The first kappa shape index (κ1) is 36.6. The number of allylic oxidation sites excluding steroid dienone is 9. The number of rotatable bonds is 10. The van der Waals surface area contributed by atoms with Gasteiger partial charge >= 0.3 is 0 Å². The van der Waals surface area contributed by atoms with Gasteiger partial charge in [0.15, 0.2) is 0 Å². The summed E-state index contributed by atoms with van der Waals surface area (Å²) in [5.41, 5.74) is 10.9. The lowest BCUT2D eigenvalue weighted by molar-refractivity contribution is 0.242. The summed E-state index contributed by atoms with van der Waals surface area (Å²) >= 11 is 7.19. The Labute approximate surface area is 321 Å². The third kappa shape index (κ3) is 7.02. The van der Waals surface area contributed by atoms with Crippen LogP contribution in [0, 0.1) is 6.92 Å². The average Bonchev–Trinajstić information content (AvgIpc) is 3.60. The molecule has 0 spiro atoms. The van der Waals surface area contributed by atoms with E-state index in [9.17, 15) is 0 Å². The molecule has 1 aliphatic heterocycles. The molecule has 0 saturated carbocycles. The van der Waals surface area contributed by atoms with Gasteiger partial charge in [0.05, 0.1) is 6.10 Å². The molecular weight excluding hydrogens is 666 g/mol. The van der Waals surface area contributed by atoms with Crippen molar-refractivity contribution < 1.29 is 4.74 Å². The maximum atomic E-state index is 7.19. The molecule has 2 nitrogen and oxygen atoms in total. The van der Waals surface area contributed by atoms with Crippen molar-refractivity contribution in [1.29, 1.82) is 0 Å². The molecule has 3 heteroatoms. The third-order valence-electron chi connectivity index (χ3n) is 11.4. The van der Waals surface area contributed by atoms with Crippen molar-refractivity contribution >= 4 is 38.8 Å². The van der Waals surface area contributed by atoms with Crippen LogP contribution in [0.5, 0.6) is 5.75 Å². The number of halogens is 1. The van der Waals surface area contributed by atoms with E-state index in [-0.39, 0.29) is 16.9 Å². The third-order valence-corrected chi connectivity index (χ3v) is 11.9. The van der Waals surface area contributed by atoms with Gasteiger partial charge < -0.3 is 9.64 Å². The van der Waals surface area contributed by atoms with Crippen LogP contribution in [0.1, 0.15) is 76.6 Å². The topological polar surface area (TPSA) is 12.5 Å². The Morgan fingerprint density at radius 2 is 1.53 bits per heavy atom. The lowest BCUT2D eigenvalue weighted by Gasteiger charge is -2.30. The first-order chi connectivity index (χ1) is 25.4. The summed E-state index contributed by atoms with van der Waals surface area (Å²) in [6, 6.07) is 35.0. The first-order valence-electron chi connectivity index (χ1n) is 19.1. The van der Waals surface area contributed by atoms with E-state index in [1.807, 2.05) is 0 Å². The monoisotopic (exact) mass is 717 g/mol. The van der Waals surface area contributed by atoms with Crippen LogP contribution in [0.25, 0.3) is 21.5 Å². The van der Waals surface area contributed by atoms with Crippen LogP contribution in [0.2, 0.25) is 0 Å². The number of nitrogens with zero attached hydrogens (tertiary/aromatic N) is 1. The van der Waals surface area contributed by atoms with E-state index >= 15 is 0 Å². The van der Waals surface area contributed by atoms with Crippen molar-refractivity contribution in [3.8, 4) is 5.75 Å².